The van der Waals surface area contributed by atoms with Crippen molar-refractivity contribution in [2.24, 2.45) is 0 Å². The summed E-state index contributed by atoms with van der Waals surface area (Å²) < 4.78 is 0. The van der Waals surface area contributed by atoms with Crippen molar-refractivity contribution >= 4 is 5.91 Å². The van der Waals surface area contributed by atoms with Crippen molar-refractivity contribution in [3.05, 3.63) is 35.4 Å². The van der Waals surface area contributed by atoms with E-state index >= 15 is 0 Å². The van der Waals surface area contributed by atoms with Crippen LogP contribution in [0, 0.1) is 0 Å². The molecular weight excluding hydrogens is 290 g/mol. The van der Waals surface area contributed by atoms with Crippen LogP contribution in [0.5, 0.6) is 0 Å². The molecule has 126 valence electrons. The average Bonchev–Trinajstić information content (AvgIpc) is 2.54. The Kier molecular flexibility index (Phi) is 4.99. The van der Waals surface area contributed by atoms with E-state index in [1.54, 1.807) is 0 Å². The van der Waals surface area contributed by atoms with E-state index < -0.39 is 5.60 Å². The fourth-order valence-electron chi connectivity index (χ4n) is 3.13. The molecule has 1 saturated carbocycles. The van der Waals surface area contributed by atoms with Gasteiger partial charge in [-0.25, -0.2) is 0 Å². The molecule has 0 radical (unpaired) electrons. The molecule has 1 amide bonds. The number of hydrogen-bond acceptors (Lipinski definition) is 4. The molecule has 1 aromatic carbocycles. The molecule has 1 aromatic rings. The van der Waals surface area contributed by atoms with Gasteiger partial charge < -0.3 is 15.3 Å². The third kappa shape index (κ3) is 4.31. The molecule has 2 aliphatic rings. The van der Waals surface area contributed by atoms with Gasteiger partial charge in [-0.3, -0.25) is 9.69 Å². The highest BCUT2D eigenvalue weighted by molar-refractivity contribution is 5.94. The molecule has 0 atom stereocenters. The Morgan fingerprint density at radius 3 is 2.39 bits per heavy atom. The van der Waals surface area contributed by atoms with Gasteiger partial charge in [-0.2, -0.15) is 0 Å². The number of amides is 1. The Bertz CT molecular complexity index is 532. The first-order chi connectivity index (χ1) is 11.0. The van der Waals surface area contributed by atoms with Gasteiger partial charge in [0, 0.05) is 44.8 Å². The zero-order valence-electron chi connectivity index (χ0n) is 13.9. The van der Waals surface area contributed by atoms with Crippen LogP contribution >= 0.6 is 0 Å². The Balaban J connectivity index is 1.49. The highest BCUT2D eigenvalue weighted by atomic mass is 16.3. The van der Waals surface area contributed by atoms with Gasteiger partial charge in [0.05, 0.1) is 5.60 Å². The summed E-state index contributed by atoms with van der Waals surface area (Å²) in [6, 6.07) is 7.83. The van der Waals surface area contributed by atoms with Crippen molar-refractivity contribution < 1.29 is 9.90 Å². The molecule has 1 aliphatic heterocycles. The predicted molar refractivity (Wildman–Crippen MR) is 90.4 cm³/mol. The van der Waals surface area contributed by atoms with Crippen molar-refractivity contribution in [3.8, 4) is 0 Å². The molecule has 2 N–H and O–H groups in total. The van der Waals surface area contributed by atoms with E-state index in [-0.39, 0.29) is 5.91 Å². The minimum absolute atomic E-state index is 0.100. The van der Waals surface area contributed by atoms with Crippen molar-refractivity contribution in [2.45, 2.75) is 31.4 Å². The summed E-state index contributed by atoms with van der Waals surface area (Å²) >= 11 is 0. The highest BCUT2D eigenvalue weighted by Gasteiger charge is 2.34. The monoisotopic (exact) mass is 317 g/mol. The van der Waals surface area contributed by atoms with Crippen molar-refractivity contribution in [3.63, 3.8) is 0 Å². The molecule has 5 nitrogen and oxygen atoms in total. The number of piperazine rings is 1. The van der Waals surface area contributed by atoms with Gasteiger partial charge in [-0.1, -0.05) is 12.1 Å². The second-order valence-electron chi connectivity index (χ2n) is 7.04. The van der Waals surface area contributed by atoms with Gasteiger partial charge in [0.15, 0.2) is 0 Å². The zero-order valence-corrected chi connectivity index (χ0v) is 13.9. The Hall–Kier alpha value is -1.43. The summed E-state index contributed by atoms with van der Waals surface area (Å²) in [5, 5.41) is 12.9. The maximum absolute atomic E-state index is 12.1. The summed E-state index contributed by atoms with van der Waals surface area (Å²) in [4.78, 5) is 16.9. The van der Waals surface area contributed by atoms with Gasteiger partial charge in [-0.15, -0.1) is 0 Å². The van der Waals surface area contributed by atoms with Crippen molar-refractivity contribution in [1.82, 2.24) is 15.1 Å². The summed E-state index contributed by atoms with van der Waals surface area (Å²) in [6.45, 7) is 5.71. The molecular formula is C18H27N3O2. The largest absolute Gasteiger partial charge is 0.388 e. The van der Waals surface area contributed by atoms with E-state index in [1.807, 2.05) is 24.3 Å². The van der Waals surface area contributed by atoms with Gasteiger partial charge in [0.2, 0.25) is 0 Å². The van der Waals surface area contributed by atoms with Crippen LogP contribution in [0.15, 0.2) is 24.3 Å². The Morgan fingerprint density at radius 1 is 1.17 bits per heavy atom. The van der Waals surface area contributed by atoms with Crippen LogP contribution in [0.2, 0.25) is 0 Å². The molecule has 1 aliphatic carbocycles. The number of nitrogens with zero attached hydrogens (tertiary/aromatic N) is 2. The number of carbonyl (C=O) groups excluding carboxylic acids is 1. The maximum atomic E-state index is 12.1. The average molecular weight is 317 g/mol. The van der Waals surface area contributed by atoms with Crippen LogP contribution in [-0.4, -0.2) is 66.2 Å². The first-order valence-corrected chi connectivity index (χ1v) is 8.55. The number of benzene rings is 1. The quantitative estimate of drug-likeness (QED) is 0.853. The topological polar surface area (TPSA) is 55.8 Å². The van der Waals surface area contributed by atoms with Crippen molar-refractivity contribution in [2.75, 3.05) is 39.8 Å². The number of likely N-dealkylation sites (N-methyl/N-ethyl adjacent to an activating group) is 1. The van der Waals surface area contributed by atoms with E-state index in [2.05, 4.69) is 22.2 Å². The standard InChI is InChI=1S/C18H27N3O2/c1-20-9-11-21(12-10-20)13-15-3-5-16(6-4-15)17(22)19-14-18(23)7-2-8-18/h3-6,23H,2,7-14H2,1H3,(H,19,22). The Labute approximate surface area is 138 Å². The fourth-order valence-corrected chi connectivity index (χ4v) is 3.13. The lowest BCUT2D eigenvalue weighted by Crippen LogP contribution is -2.47. The summed E-state index contributed by atoms with van der Waals surface area (Å²) in [7, 11) is 2.16. The van der Waals surface area contributed by atoms with E-state index in [1.165, 1.54) is 5.56 Å². The lowest BCUT2D eigenvalue weighted by molar-refractivity contribution is -0.0300. The molecule has 0 spiro atoms. The fraction of sp³-hybridized carbons (Fsp3) is 0.611. The summed E-state index contributed by atoms with van der Waals surface area (Å²) in [6.07, 6.45) is 2.63. The van der Waals surface area contributed by atoms with Crippen LogP contribution in [0.3, 0.4) is 0 Å². The molecule has 0 aromatic heterocycles. The number of carbonyl (C=O) groups is 1. The highest BCUT2D eigenvalue weighted by Crippen LogP contribution is 2.30. The van der Waals surface area contributed by atoms with E-state index in [9.17, 15) is 9.90 Å². The van der Waals surface area contributed by atoms with Gasteiger partial charge >= 0.3 is 0 Å². The number of aliphatic hydroxyl groups is 1. The SMILES string of the molecule is CN1CCN(Cc2ccc(C(=O)NCC3(O)CCC3)cc2)CC1. The van der Waals surface area contributed by atoms with Crippen molar-refractivity contribution in [1.29, 1.82) is 0 Å². The molecule has 0 bridgehead atoms. The van der Waals surface area contributed by atoms with Crippen LogP contribution in [-0.2, 0) is 6.54 Å². The minimum Gasteiger partial charge on any atom is -0.388 e. The molecule has 23 heavy (non-hydrogen) atoms. The molecule has 3 rings (SSSR count). The second-order valence-corrected chi connectivity index (χ2v) is 7.04. The van der Waals surface area contributed by atoms with Crippen LogP contribution in [0.4, 0.5) is 0 Å². The van der Waals surface area contributed by atoms with E-state index in [0.717, 1.165) is 52.0 Å². The third-order valence-corrected chi connectivity index (χ3v) is 5.08. The van der Waals surface area contributed by atoms with Crippen LogP contribution in [0.25, 0.3) is 0 Å². The third-order valence-electron chi connectivity index (χ3n) is 5.08. The lowest BCUT2D eigenvalue weighted by Gasteiger charge is -2.36. The zero-order chi connectivity index (χ0) is 16.3. The molecule has 1 heterocycles. The normalized spacial score (nSPS) is 21.7. The van der Waals surface area contributed by atoms with E-state index in [0.29, 0.717) is 12.1 Å². The van der Waals surface area contributed by atoms with Crippen LogP contribution < -0.4 is 5.32 Å². The molecule has 2 fully saturated rings. The first kappa shape index (κ1) is 16.4. The molecule has 0 unspecified atom stereocenters. The summed E-state index contributed by atoms with van der Waals surface area (Å²) in [5.41, 5.74) is 1.23. The van der Waals surface area contributed by atoms with Gasteiger partial charge in [0.1, 0.15) is 0 Å². The number of rotatable bonds is 5. The van der Waals surface area contributed by atoms with Gasteiger partial charge in [-0.05, 0) is 44.0 Å². The smallest absolute Gasteiger partial charge is 0.251 e. The predicted octanol–water partition coefficient (Wildman–Crippen LogP) is 1.08. The molecule has 1 saturated heterocycles. The van der Waals surface area contributed by atoms with Crippen LogP contribution in [0.1, 0.15) is 35.2 Å². The maximum Gasteiger partial charge on any atom is 0.251 e. The Morgan fingerprint density at radius 2 is 1.83 bits per heavy atom. The van der Waals surface area contributed by atoms with Gasteiger partial charge in [0.25, 0.3) is 5.91 Å². The van der Waals surface area contributed by atoms with E-state index in [4.69, 9.17) is 0 Å². The minimum atomic E-state index is -0.670. The molecule has 5 heteroatoms. The second kappa shape index (κ2) is 6.99. The lowest BCUT2D eigenvalue weighted by atomic mass is 9.80. The summed E-state index contributed by atoms with van der Waals surface area (Å²) in [5.74, 6) is -0.100. The first-order valence-electron chi connectivity index (χ1n) is 8.55. The number of nitrogens with one attached hydrogen (secondary N) is 1. The number of hydrogen-bond donors (Lipinski definition) is 2.